The zero-order valence-corrected chi connectivity index (χ0v) is 18.7. The van der Waals surface area contributed by atoms with E-state index in [1.807, 2.05) is 56.3 Å². The number of aromatic nitrogens is 3. The number of nitrogens with one attached hydrogen (secondary N) is 2. The summed E-state index contributed by atoms with van der Waals surface area (Å²) in [5, 5.41) is 10.9. The van der Waals surface area contributed by atoms with Gasteiger partial charge < -0.3 is 24.8 Å². The summed E-state index contributed by atoms with van der Waals surface area (Å²) in [5.41, 5.74) is 3.91. The molecule has 170 valence electrons. The van der Waals surface area contributed by atoms with Gasteiger partial charge in [-0.2, -0.15) is 10.1 Å². The quantitative estimate of drug-likeness (QED) is 0.618. The monoisotopic (exact) mass is 447 g/mol. The molecule has 2 N–H and O–H groups in total. The van der Waals surface area contributed by atoms with Gasteiger partial charge in [-0.25, -0.2) is 4.68 Å². The number of nitrogens with zero attached hydrogens (tertiary/aromatic N) is 3. The van der Waals surface area contributed by atoms with Crippen molar-refractivity contribution in [3.05, 3.63) is 70.7 Å². The summed E-state index contributed by atoms with van der Waals surface area (Å²) < 4.78 is 18.4. The number of ether oxygens (including phenoxy) is 3. The molecule has 2 aromatic carbocycles. The molecule has 9 heteroatoms. The lowest BCUT2D eigenvalue weighted by Gasteiger charge is -2.29. The van der Waals surface area contributed by atoms with E-state index in [2.05, 4.69) is 20.7 Å². The molecule has 5 rings (SSSR count). The van der Waals surface area contributed by atoms with E-state index in [-0.39, 0.29) is 12.5 Å². The molecule has 9 nitrogen and oxygen atoms in total. The molecule has 0 saturated heterocycles. The first-order valence-corrected chi connectivity index (χ1v) is 10.7. The average molecular weight is 447 g/mol. The van der Waals surface area contributed by atoms with E-state index in [0.29, 0.717) is 47.8 Å². The number of methoxy groups -OCH3 is 1. The largest absolute Gasteiger partial charge is 0.486 e. The molecule has 1 unspecified atom stereocenters. The Bertz CT molecular complexity index is 1230. The summed E-state index contributed by atoms with van der Waals surface area (Å²) in [5.74, 6) is 2.18. The van der Waals surface area contributed by atoms with Crippen LogP contribution >= 0.6 is 0 Å². The van der Waals surface area contributed by atoms with E-state index >= 15 is 0 Å². The lowest BCUT2D eigenvalue weighted by molar-refractivity contribution is -0.113. The number of rotatable bonds is 5. The van der Waals surface area contributed by atoms with Crippen molar-refractivity contribution in [2.45, 2.75) is 26.5 Å². The molecule has 2 aliphatic heterocycles. The molecular formula is C24H25N5O4. The zero-order chi connectivity index (χ0) is 22.9. The molecule has 1 aromatic heterocycles. The van der Waals surface area contributed by atoms with E-state index in [4.69, 9.17) is 14.2 Å². The van der Waals surface area contributed by atoms with Crippen molar-refractivity contribution in [1.29, 1.82) is 0 Å². The second kappa shape index (κ2) is 8.59. The number of carbonyl (C=O) groups excluding carboxylic acids is 1. The molecule has 3 aromatic rings. The van der Waals surface area contributed by atoms with Crippen LogP contribution in [0, 0.1) is 6.92 Å². The Morgan fingerprint density at radius 2 is 1.91 bits per heavy atom. The van der Waals surface area contributed by atoms with Crippen LogP contribution in [0.2, 0.25) is 0 Å². The normalized spacial score (nSPS) is 16.8. The van der Waals surface area contributed by atoms with E-state index in [9.17, 15) is 4.79 Å². The molecule has 0 spiro atoms. The molecule has 0 saturated carbocycles. The van der Waals surface area contributed by atoms with Crippen molar-refractivity contribution >= 4 is 17.5 Å². The summed E-state index contributed by atoms with van der Waals surface area (Å²) in [6.45, 7) is 5.12. The Balaban J connectivity index is 1.57. The fourth-order valence-electron chi connectivity index (χ4n) is 4.05. The SMILES string of the molecule is COCc1nc2n(n1)C(c1ccc3c(c1)OCCO3)C(C(=O)Nc1ccc(C)cc1)=C(C)N2. The average Bonchev–Trinajstić information content (AvgIpc) is 3.21. The second-order valence-corrected chi connectivity index (χ2v) is 8.02. The highest BCUT2D eigenvalue weighted by atomic mass is 16.6. The molecule has 2 aliphatic rings. The van der Waals surface area contributed by atoms with Crippen LogP contribution in [0.1, 0.15) is 29.9 Å². The highest BCUT2D eigenvalue weighted by Crippen LogP contribution is 2.40. The van der Waals surface area contributed by atoms with Crippen LogP contribution < -0.4 is 20.1 Å². The highest BCUT2D eigenvalue weighted by Gasteiger charge is 2.35. The van der Waals surface area contributed by atoms with Crippen LogP contribution in [-0.4, -0.2) is 41.0 Å². The molecular weight excluding hydrogens is 422 g/mol. The van der Waals surface area contributed by atoms with Gasteiger partial charge in [0, 0.05) is 18.5 Å². The van der Waals surface area contributed by atoms with Gasteiger partial charge in [0.1, 0.15) is 25.9 Å². The smallest absolute Gasteiger partial charge is 0.255 e. The highest BCUT2D eigenvalue weighted by molar-refractivity contribution is 6.06. The predicted molar refractivity (Wildman–Crippen MR) is 122 cm³/mol. The van der Waals surface area contributed by atoms with Crippen LogP contribution in [0.5, 0.6) is 11.5 Å². The minimum Gasteiger partial charge on any atom is -0.486 e. The Kier molecular flexibility index (Phi) is 5.47. The van der Waals surface area contributed by atoms with Gasteiger partial charge in [-0.3, -0.25) is 4.79 Å². The van der Waals surface area contributed by atoms with Crippen LogP contribution in [0.4, 0.5) is 11.6 Å². The lowest BCUT2D eigenvalue weighted by atomic mass is 9.94. The third-order valence-electron chi connectivity index (χ3n) is 5.61. The van der Waals surface area contributed by atoms with Gasteiger partial charge in [0.15, 0.2) is 17.3 Å². The summed E-state index contributed by atoms with van der Waals surface area (Å²) in [4.78, 5) is 18.1. The van der Waals surface area contributed by atoms with Gasteiger partial charge in [-0.1, -0.05) is 23.8 Å². The van der Waals surface area contributed by atoms with Crippen LogP contribution in [-0.2, 0) is 16.1 Å². The topological polar surface area (TPSA) is 99.5 Å². The van der Waals surface area contributed by atoms with Crippen molar-refractivity contribution < 1.29 is 19.0 Å². The van der Waals surface area contributed by atoms with Crippen molar-refractivity contribution in [1.82, 2.24) is 14.8 Å². The molecule has 0 aliphatic carbocycles. The maximum Gasteiger partial charge on any atom is 0.255 e. The third kappa shape index (κ3) is 4.03. The second-order valence-electron chi connectivity index (χ2n) is 8.02. The number of benzene rings is 2. The van der Waals surface area contributed by atoms with Crippen molar-refractivity contribution in [3.8, 4) is 11.5 Å². The minimum absolute atomic E-state index is 0.224. The fourth-order valence-corrected chi connectivity index (χ4v) is 4.05. The maximum absolute atomic E-state index is 13.5. The Morgan fingerprint density at radius 3 is 2.67 bits per heavy atom. The zero-order valence-electron chi connectivity index (χ0n) is 18.7. The van der Waals surface area contributed by atoms with Crippen molar-refractivity contribution in [3.63, 3.8) is 0 Å². The summed E-state index contributed by atoms with van der Waals surface area (Å²) in [6, 6.07) is 12.9. The number of hydrogen-bond acceptors (Lipinski definition) is 7. The first-order chi connectivity index (χ1) is 16.0. The fraction of sp³-hybridized carbons (Fsp3) is 0.292. The summed E-state index contributed by atoms with van der Waals surface area (Å²) in [7, 11) is 1.59. The van der Waals surface area contributed by atoms with Gasteiger partial charge in [-0.05, 0) is 43.7 Å². The number of allylic oxidation sites excluding steroid dienone is 1. The Hall–Kier alpha value is -3.85. The number of aryl methyl sites for hydroxylation is 1. The van der Waals surface area contributed by atoms with Gasteiger partial charge in [0.2, 0.25) is 5.95 Å². The molecule has 0 radical (unpaired) electrons. The standard InChI is InChI=1S/C24H25N5O4/c1-14-4-7-17(8-5-14)26-23(30)21-15(2)25-24-27-20(13-31-3)28-29(24)22(21)16-6-9-18-19(12-16)33-11-10-32-18/h4-9,12,22H,10-11,13H2,1-3H3,(H,26,30)(H,25,27,28). The van der Waals surface area contributed by atoms with Gasteiger partial charge in [0.25, 0.3) is 5.91 Å². The van der Waals surface area contributed by atoms with E-state index in [1.165, 1.54) is 0 Å². The maximum atomic E-state index is 13.5. The Labute approximate surface area is 191 Å². The van der Waals surface area contributed by atoms with Gasteiger partial charge in [0.05, 0.1) is 5.57 Å². The van der Waals surface area contributed by atoms with E-state index < -0.39 is 6.04 Å². The summed E-state index contributed by atoms with van der Waals surface area (Å²) >= 11 is 0. The van der Waals surface area contributed by atoms with E-state index in [0.717, 1.165) is 16.8 Å². The van der Waals surface area contributed by atoms with Crippen LogP contribution in [0.25, 0.3) is 0 Å². The summed E-state index contributed by atoms with van der Waals surface area (Å²) in [6.07, 6.45) is 0. The van der Waals surface area contributed by atoms with Gasteiger partial charge in [-0.15, -0.1) is 0 Å². The number of hydrogen-bond donors (Lipinski definition) is 2. The lowest BCUT2D eigenvalue weighted by Crippen LogP contribution is -2.31. The first kappa shape index (κ1) is 21.0. The number of fused-ring (bicyclic) bond motifs is 2. The third-order valence-corrected chi connectivity index (χ3v) is 5.61. The van der Waals surface area contributed by atoms with Gasteiger partial charge >= 0.3 is 0 Å². The van der Waals surface area contributed by atoms with Crippen molar-refractivity contribution in [2.24, 2.45) is 0 Å². The van der Waals surface area contributed by atoms with Crippen molar-refractivity contribution in [2.75, 3.05) is 31.0 Å². The first-order valence-electron chi connectivity index (χ1n) is 10.7. The number of anilines is 2. The van der Waals surface area contributed by atoms with E-state index in [1.54, 1.807) is 11.8 Å². The predicted octanol–water partition coefficient (Wildman–Crippen LogP) is 3.43. The molecule has 0 fully saturated rings. The molecule has 33 heavy (non-hydrogen) atoms. The van der Waals surface area contributed by atoms with Crippen LogP contribution in [0.3, 0.4) is 0 Å². The Morgan fingerprint density at radius 1 is 1.15 bits per heavy atom. The molecule has 3 heterocycles. The number of carbonyl (C=O) groups is 1. The molecule has 1 atom stereocenters. The minimum atomic E-state index is -0.513. The number of amides is 1. The molecule has 1 amide bonds. The molecule has 0 bridgehead atoms. The van der Waals surface area contributed by atoms with Crippen LogP contribution in [0.15, 0.2) is 53.7 Å².